The number of benzene rings is 1. The molecule has 170 valence electrons. The molecule has 1 N–H and O–H groups in total. The van der Waals surface area contributed by atoms with Gasteiger partial charge in [0.1, 0.15) is 12.2 Å². The van der Waals surface area contributed by atoms with Crippen LogP contribution in [0.3, 0.4) is 0 Å². The number of carbonyl (C=O) groups excluding carboxylic acids is 1. The van der Waals surface area contributed by atoms with Crippen molar-refractivity contribution in [1.29, 1.82) is 0 Å². The third kappa shape index (κ3) is 3.65. The lowest BCUT2D eigenvalue weighted by atomic mass is 9.49. The van der Waals surface area contributed by atoms with Crippen molar-refractivity contribution in [3.8, 4) is 0 Å². The van der Waals surface area contributed by atoms with E-state index in [-0.39, 0.29) is 23.6 Å². The molecule has 0 amide bonds. The summed E-state index contributed by atoms with van der Waals surface area (Å²) in [4.78, 5) is 11.7. The van der Waals surface area contributed by atoms with Gasteiger partial charge in [0.05, 0.1) is 29.3 Å². The van der Waals surface area contributed by atoms with Gasteiger partial charge in [-0.3, -0.25) is 4.79 Å². The molecule has 5 nitrogen and oxygen atoms in total. The summed E-state index contributed by atoms with van der Waals surface area (Å²) in [5.74, 6) is 0.143. The monoisotopic (exact) mass is 428 g/mol. The first-order valence-electron chi connectivity index (χ1n) is 11.5. The molecule has 5 heteroatoms. The Bertz CT molecular complexity index is 833. The molecule has 0 aromatic heterocycles. The summed E-state index contributed by atoms with van der Waals surface area (Å²) in [5.41, 5.74) is -0.316. The van der Waals surface area contributed by atoms with Gasteiger partial charge in [-0.1, -0.05) is 56.3 Å². The Morgan fingerprint density at radius 2 is 1.94 bits per heavy atom. The van der Waals surface area contributed by atoms with Gasteiger partial charge >= 0.3 is 5.97 Å². The molecule has 4 rings (SSSR count). The lowest BCUT2D eigenvalue weighted by Gasteiger charge is -2.61. The number of hydrogen-bond acceptors (Lipinski definition) is 5. The molecule has 1 spiro atoms. The molecule has 2 aliphatic carbocycles. The SMILES string of the molecule is CC(=O)O[C@H]1C[C@@H](C)[C@@]23C[C@@H](C[C@H](OC/C=C/c4ccccc4)[C@]2(C)[C@H]1O)C(C)(C)O3. The average molecular weight is 429 g/mol. The average Bonchev–Trinajstić information content (AvgIpc) is 2.95. The second kappa shape index (κ2) is 8.02. The second-order valence-electron chi connectivity index (χ2n) is 10.4. The maximum Gasteiger partial charge on any atom is 0.302 e. The zero-order valence-corrected chi connectivity index (χ0v) is 19.3. The van der Waals surface area contributed by atoms with Crippen LogP contribution in [-0.4, -0.2) is 47.2 Å². The van der Waals surface area contributed by atoms with E-state index in [4.69, 9.17) is 14.2 Å². The third-order valence-electron chi connectivity index (χ3n) is 8.23. The number of fused-ring (bicyclic) bond motifs is 1. The van der Waals surface area contributed by atoms with E-state index in [1.54, 1.807) is 0 Å². The van der Waals surface area contributed by atoms with Gasteiger partial charge in [0, 0.05) is 6.92 Å². The van der Waals surface area contributed by atoms with Crippen molar-refractivity contribution in [3.05, 3.63) is 42.0 Å². The van der Waals surface area contributed by atoms with Gasteiger partial charge in [-0.25, -0.2) is 0 Å². The first kappa shape index (κ1) is 22.5. The molecule has 1 aliphatic heterocycles. The Labute approximate surface area is 185 Å². The minimum absolute atomic E-state index is 0.140. The molecule has 31 heavy (non-hydrogen) atoms. The number of hydrogen-bond donors (Lipinski definition) is 1. The van der Waals surface area contributed by atoms with Crippen LogP contribution in [0.4, 0.5) is 0 Å². The summed E-state index contributed by atoms with van der Waals surface area (Å²) in [5, 5.41) is 11.5. The molecule has 3 fully saturated rings. The molecular formula is C26H36O5. The fourth-order valence-electron chi connectivity index (χ4n) is 6.49. The summed E-state index contributed by atoms with van der Waals surface area (Å²) in [7, 11) is 0. The molecule has 0 unspecified atom stereocenters. The number of ether oxygens (including phenoxy) is 3. The Hall–Kier alpha value is -1.69. The van der Waals surface area contributed by atoms with E-state index in [2.05, 4.69) is 45.9 Å². The fraction of sp³-hybridized carbons (Fsp3) is 0.654. The van der Waals surface area contributed by atoms with Gasteiger partial charge in [-0.05, 0) is 50.5 Å². The van der Waals surface area contributed by atoms with Gasteiger partial charge in [0.15, 0.2) is 0 Å². The molecule has 0 radical (unpaired) electrons. The first-order chi connectivity index (χ1) is 14.6. The van der Waals surface area contributed by atoms with Crippen molar-refractivity contribution in [2.75, 3.05) is 6.61 Å². The van der Waals surface area contributed by atoms with E-state index >= 15 is 0 Å². The van der Waals surface area contributed by atoms with Gasteiger partial charge in [-0.2, -0.15) is 0 Å². The largest absolute Gasteiger partial charge is 0.460 e. The Morgan fingerprint density at radius 1 is 1.23 bits per heavy atom. The zero-order valence-electron chi connectivity index (χ0n) is 19.3. The van der Waals surface area contributed by atoms with E-state index in [0.29, 0.717) is 18.9 Å². The van der Waals surface area contributed by atoms with Crippen molar-refractivity contribution >= 4 is 12.0 Å². The number of carbonyl (C=O) groups is 1. The van der Waals surface area contributed by atoms with Crippen molar-refractivity contribution < 1.29 is 24.1 Å². The Kier molecular flexibility index (Phi) is 5.82. The van der Waals surface area contributed by atoms with Crippen LogP contribution in [0.1, 0.15) is 59.4 Å². The van der Waals surface area contributed by atoms with Crippen LogP contribution in [0.2, 0.25) is 0 Å². The third-order valence-corrected chi connectivity index (χ3v) is 8.23. The molecule has 2 bridgehead atoms. The minimum atomic E-state index is -0.842. The van der Waals surface area contributed by atoms with Crippen LogP contribution in [0.25, 0.3) is 6.08 Å². The molecule has 2 saturated carbocycles. The number of esters is 1. The summed E-state index contributed by atoms with van der Waals surface area (Å²) >= 11 is 0. The predicted molar refractivity (Wildman–Crippen MR) is 119 cm³/mol. The number of aliphatic hydroxyl groups excluding tert-OH is 1. The van der Waals surface area contributed by atoms with Crippen molar-refractivity contribution in [1.82, 2.24) is 0 Å². The van der Waals surface area contributed by atoms with E-state index in [1.807, 2.05) is 24.3 Å². The summed E-state index contributed by atoms with van der Waals surface area (Å²) < 4.78 is 18.8. The molecular weight excluding hydrogens is 392 g/mol. The minimum Gasteiger partial charge on any atom is -0.460 e. The standard InChI is InChI=1S/C26H36O5/c1-17-14-21(30-18(2)27)23(28)25(5)22(15-20-16-26(17,25)31-24(20,3)4)29-13-9-12-19-10-7-6-8-11-19/h6-12,17,20-23,28H,13-16H2,1-5H3/b12-9+/t17-,20-,21+,22+,23+,25-,26+/m1/s1. The quantitative estimate of drug-likeness (QED) is 0.705. The van der Waals surface area contributed by atoms with Gasteiger partial charge < -0.3 is 19.3 Å². The van der Waals surface area contributed by atoms with Crippen LogP contribution in [0, 0.1) is 17.3 Å². The normalized spacial score (nSPS) is 41.2. The van der Waals surface area contributed by atoms with Crippen LogP contribution < -0.4 is 0 Å². The van der Waals surface area contributed by atoms with Crippen LogP contribution in [0.5, 0.6) is 0 Å². The highest BCUT2D eigenvalue weighted by Gasteiger charge is 2.73. The highest BCUT2D eigenvalue weighted by molar-refractivity contribution is 5.66. The Balaban J connectivity index is 1.61. The topological polar surface area (TPSA) is 65.0 Å². The number of aliphatic hydroxyl groups is 1. The van der Waals surface area contributed by atoms with Crippen molar-refractivity contribution in [3.63, 3.8) is 0 Å². The molecule has 1 aromatic carbocycles. The summed E-state index contributed by atoms with van der Waals surface area (Å²) in [6.45, 7) is 10.4. The first-order valence-corrected chi connectivity index (χ1v) is 11.5. The Morgan fingerprint density at radius 3 is 2.61 bits per heavy atom. The lowest BCUT2D eigenvalue weighted by molar-refractivity contribution is -0.283. The molecule has 1 aromatic rings. The second-order valence-corrected chi connectivity index (χ2v) is 10.4. The predicted octanol–water partition coefficient (Wildman–Crippen LogP) is 4.38. The number of rotatable bonds is 5. The molecule has 7 atom stereocenters. The molecule has 1 heterocycles. The van der Waals surface area contributed by atoms with E-state index in [1.165, 1.54) is 6.92 Å². The molecule has 3 aliphatic rings. The smallest absolute Gasteiger partial charge is 0.302 e. The maximum atomic E-state index is 11.7. The van der Waals surface area contributed by atoms with E-state index in [9.17, 15) is 9.90 Å². The van der Waals surface area contributed by atoms with Crippen LogP contribution >= 0.6 is 0 Å². The highest BCUT2D eigenvalue weighted by Crippen LogP contribution is 2.66. The highest BCUT2D eigenvalue weighted by atomic mass is 16.6. The lowest BCUT2D eigenvalue weighted by Crippen LogP contribution is -2.70. The summed E-state index contributed by atoms with van der Waals surface area (Å²) in [6, 6.07) is 10.1. The van der Waals surface area contributed by atoms with Gasteiger partial charge in [-0.15, -0.1) is 0 Å². The summed E-state index contributed by atoms with van der Waals surface area (Å²) in [6.07, 6.45) is 4.82. The van der Waals surface area contributed by atoms with Gasteiger partial charge in [0.25, 0.3) is 0 Å². The van der Waals surface area contributed by atoms with E-state index < -0.39 is 23.2 Å². The fourth-order valence-corrected chi connectivity index (χ4v) is 6.49. The molecule has 1 saturated heterocycles. The van der Waals surface area contributed by atoms with Crippen molar-refractivity contribution in [2.24, 2.45) is 17.3 Å². The maximum absolute atomic E-state index is 11.7. The van der Waals surface area contributed by atoms with Crippen LogP contribution in [0.15, 0.2) is 36.4 Å². The van der Waals surface area contributed by atoms with Gasteiger partial charge in [0.2, 0.25) is 0 Å². The van der Waals surface area contributed by atoms with E-state index in [0.717, 1.165) is 18.4 Å². The van der Waals surface area contributed by atoms with Crippen LogP contribution in [-0.2, 0) is 19.0 Å². The zero-order chi connectivity index (χ0) is 22.4. The van der Waals surface area contributed by atoms with Crippen molar-refractivity contribution in [2.45, 2.75) is 83.4 Å².